The van der Waals surface area contributed by atoms with E-state index in [1.54, 1.807) is 4.90 Å². The summed E-state index contributed by atoms with van der Waals surface area (Å²) in [5.74, 6) is 0.917. The first-order valence-electron chi connectivity index (χ1n) is 7.31. The van der Waals surface area contributed by atoms with Crippen LogP contribution in [0.5, 0.6) is 5.75 Å². The number of likely N-dealkylation sites (N-methyl/N-ethyl adjacent to an activating group) is 1. The Balaban J connectivity index is 1.96. The van der Waals surface area contributed by atoms with Gasteiger partial charge in [0.2, 0.25) is 5.91 Å². The number of rotatable bonds is 5. The van der Waals surface area contributed by atoms with E-state index in [0.29, 0.717) is 13.2 Å². The largest absolute Gasteiger partial charge is 0.494 e. The predicted molar refractivity (Wildman–Crippen MR) is 79.5 cm³/mol. The van der Waals surface area contributed by atoms with Crippen molar-refractivity contribution in [1.82, 2.24) is 4.90 Å². The monoisotopic (exact) mass is 276 g/mol. The Kier molecular flexibility index (Phi) is 4.65. The highest BCUT2D eigenvalue weighted by Crippen LogP contribution is 2.29. The van der Waals surface area contributed by atoms with Gasteiger partial charge in [-0.1, -0.05) is 25.0 Å². The molecule has 20 heavy (non-hydrogen) atoms. The van der Waals surface area contributed by atoms with Crippen molar-refractivity contribution in [2.75, 3.05) is 13.7 Å². The van der Waals surface area contributed by atoms with Crippen molar-refractivity contribution >= 4 is 5.91 Å². The molecule has 1 aliphatic rings. The zero-order valence-corrected chi connectivity index (χ0v) is 12.4. The van der Waals surface area contributed by atoms with Crippen LogP contribution in [0.3, 0.4) is 0 Å². The lowest BCUT2D eigenvalue weighted by atomic mass is 9.97. The topological polar surface area (TPSA) is 55.6 Å². The molecule has 0 radical (unpaired) electrons. The van der Waals surface area contributed by atoms with Gasteiger partial charge in [0.1, 0.15) is 5.75 Å². The molecule has 0 unspecified atom stereocenters. The molecule has 0 atom stereocenters. The molecule has 0 heterocycles. The number of hydrogen-bond acceptors (Lipinski definition) is 3. The summed E-state index contributed by atoms with van der Waals surface area (Å²) in [4.78, 5) is 14.2. The van der Waals surface area contributed by atoms with Crippen molar-refractivity contribution in [3.05, 3.63) is 29.8 Å². The summed E-state index contributed by atoms with van der Waals surface area (Å²) in [5, 5.41) is 0. The molecule has 1 saturated carbocycles. The quantitative estimate of drug-likeness (QED) is 0.898. The predicted octanol–water partition coefficient (Wildman–Crippen LogP) is 2.32. The molecule has 0 aromatic heterocycles. The van der Waals surface area contributed by atoms with Crippen molar-refractivity contribution in [3.63, 3.8) is 0 Å². The fourth-order valence-electron chi connectivity index (χ4n) is 2.80. The second kappa shape index (κ2) is 6.27. The van der Waals surface area contributed by atoms with E-state index in [-0.39, 0.29) is 5.91 Å². The highest BCUT2D eigenvalue weighted by Gasteiger charge is 2.38. The van der Waals surface area contributed by atoms with Gasteiger partial charge in [-0.25, -0.2) is 0 Å². The molecule has 0 aliphatic heterocycles. The molecule has 110 valence electrons. The Bertz CT molecular complexity index is 450. The minimum Gasteiger partial charge on any atom is -0.494 e. The minimum atomic E-state index is -0.639. The number of carbonyl (C=O) groups is 1. The number of benzene rings is 1. The first-order chi connectivity index (χ1) is 9.55. The van der Waals surface area contributed by atoms with Crippen molar-refractivity contribution in [1.29, 1.82) is 0 Å². The van der Waals surface area contributed by atoms with Crippen molar-refractivity contribution in [2.24, 2.45) is 5.73 Å². The molecule has 4 heteroatoms. The van der Waals surface area contributed by atoms with Crippen LogP contribution in [0, 0.1) is 0 Å². The van der Waals surface area contributed by atoms with Crippen LogP contribution < -0.4 is 10.5 Å². The van der Waals surface area contributed by atoms with Gasteiger partial charge < -0.3 is 15.4 Å². The van der Waals surface area contributed by atoms with E-state index >= 15 is 0 Å². The first-order valence-corrected chi connectivity index (χ1v) is 7.31. The lowest BCUT2D eigenvalue weighted by Gasteiger charge is -2.28. The number of carbonyl (C=O) groups excluding carboxylic acids is 1. The van der Waals surface area contributed by atoms with E-state index in [2.05, 4.69) is 0 Å². The Hall–Kier alpha value is -1.55. The summed E-state index contributed by atoms with van der Waals surface area (Å²) in [7, 11) is 1.83. The van der Waals surface area contributed by atoms with E-state index in [4.69, 9.17) is 10.5 Å². The average Bonchev–Trinajstić information content (AvgIpc) is 2.88. The number of nitrogens with two attached hydrogens (primary N) is 1. The van der Waals surface area contributed by atoms with Gasteiger partial charge in [0, 0.05) is 13.6 Å². The minimum absolute atomic E-state index is 0.0592. The highest BCUT2D eigenvalue weighted by molar-refractivity contribution is 5.86. The van der Waals surface area contributed by atoms with Gasteiger partial charge in [0.05, 0.1) is 12.1 Å². The molecular formula is C16H24N2O2. The normalized spacial score (nSPS) is 16.9. The number of ether oxygens (including phenoxy) is 1. The molecule has 0 bridgehead atoms. The molecule has 1 aromatic carbocycles. The second-order valence-corrected chi connectivity index (χ2v) is 5.60. The number of hydrogen-bond donors (Lipinski definition) is 1. The zero-order chi connectivity index (χ0) is 14.6. The van der Waals surface area contributed by atoms with Gasteiger partial charge in [-0.3, -0.25) is 4.79 Å². The van der Waals surface area contributed by atoms with Crippen LogP contribution in [0.2, 0.25) is 0 Å². The molecule has 4 nitrogen and oxygen atoms in total. The summed E-state index contributed by atoms with van der Waals surface area (Å²) < 4.78 is 5.41. The molecule has 1 amide bonds. The maximum atomic E-state index is 12.4. The van der Waals surface area contributed by atoms with Gasteiger partial charge in [0.25, 0.3) is 0 Å². The SMILES string of the molecule is CCOc1ccc(CN(C)C(=O)C2(N)CCCC2)cc1. The summed E-state index contributed by atoms with van der Waals surface area (Å²) >= 11 is 0. The average molecular weight is 276 g/mol. The van der Waals surface area contributed by atoms with Gasteiger partial charge in [-0.15, -0.1) is 0 Å². The fourth-order valence-corrected chi connectivity index (χ4v) is 2.80. The first kappa shape index (κ1) is 14.9. The summed E-state index contributed by atoms with van der Waals surface area (Å²) in [5.41, 5.74) is 6.66. The highest BCUT2D eigenvalue weighted by atomic mass is 16.5. The maximum Gasteiger partial charge on any atom is 0.242 e. The number of nitrogens with zero attached hydrogens (tertiary/aromatic N) is 1. The molecule has 2 rings (SSSR count). The van der Waals surface area contributed by atoms with E-state index in [9.17, 15) is 4.79 Å². The van der Waals surface area contributed by atoms with Gasteiger partial charge in [-0.05, 0) is 37.5 Å². The van der Waals surface area contributed by atoms with Crippen LogP contribution in [0.4, 0.5) is 0 Å². The Morgan fingerprint density at radius 1 is 1.30 bits per heavy atom. The van der Waals surface area contributed by atoms with Gasteiger partial charge >= 0.3 is 0 Å². The molecule has 1 aliphatic carbocycles. The summed E-state index contributed by atoms with van der Waals surface area (Å²) in [6.45, 7) is 3.21. The Morgan fingerprint density at radius 2 is 1.90 bits per heavy atom. The third kappa shape index (κ3) is 3.31. The van der Waals surface area contributed by atoms with Crippen LogP contribution in [0.25, 0.3) is 0 Å². The lowest BCUT2D eigenvalue weighted by Crippen LogP contribution is -2.52. The van der Waals surface area contributed by atoms with Crippen LogP contribution in [-0.4, -0.2) is 30.0 Å². The molecule has 0 spiro atoms. The Morgan fingerprint density at radius 3 is 2.45 bits per heavy atom. The fraction of sp³-hybridized carbons (Fsp3) is 0.562. The van der Waals surface area contributed by atoms with Crippen LogP contribution >= 0.6 is 0 Å². The van der Waals surface area contributed by atoms with E-state index < -0.39 is 5.54 Å². The molecule has 1 fully saturated rings. The zero-order valence-electron chi connectivity index (χ0n) is 12.4. The van der Waals surface area contributed by atoms with Gasteiger partial charge in [0.15, 0.2) is 0 Å². The van der Waals surface area contributed by atoms with Gasteiger partial charge in [-0.2, -0.15) is 0 Å². The van der Waals surface area contributed by atoms with Crippen molar-refractivity contribution in [3.8, 4) is 5.75 Å². The maximum absolute atomic E-state index is 12.4. The smallest absolute Gasteiger partial charge is 0.242 e. The molecule has 1 aromatic rings. The lowest BCUT2D eigenvalue weighted by molar-refractivity contribution is -0.136. The number of amides is 1. The third-order valence-electron chi connectivity index (χ3n) is 3.92. The van der Waals surface area contributed by atoms with E-state index in [1.807, 2.05) is 38.2 Å². The van der Waals surface area contributed by atoms with Crippen molar-refractivity contribution in [2.45, 2.75) is 44.7 Å². The van der Waals surface area contributed by atoms with Crippen LogP contribution in [-0.2, 0) is 11.3 Å². The summed E-state index contributed by atoms with van der Waals surface area (Å²) in [6, 6.07) is 7.86. The third-order valence-corrected chi connectivity index (χ3v) is 3.92. The van der Waals surface area contributed by atoms with Crippen LogP contribution in [0.1, 0.15) is 38.2 Å². The van der Waals surface area contributed by atoms with E-state index in [0.717, 1.165) is 37.0 Å². The second-order valence-electron chi connectivity index (χ2n) is 5.60. The summed E-state index contributed by atoms with van der Waals surface area (Å²) in [6.07, 6.45) is 3.72. The Labute approximate surface area is 120 Å². The molecular weight excluding hydrogens is 252 g/mol. The van der Waals surface area contributed by atoms with Crippen molar-refractivity contribution < 1.29 is 9.53 Å². The van der Waals surface area contributed by atoms with Crippen LogP contribution in [0.15, 0.2) is 24.3 Å². The van der Waals surface area contributed by atoms with E-state index in [1.165, 1.54) is 0 Å². The molecule has 2 N–H and O–H groups in total. The molecule has 0 saturated heterocycles. The standard InChI is InChI=1S/C16H24N2O2/c1-3-20-14-8-6-13(7-9-14)12-18(2)15(19)16(17)10-4-5-11-16/h6-9H,3-5,10-12,17H2,1-2H3.